The third kappa shape index (κ3) is 2.47. The molecular formula is C14H13Br3O. The molecule has 96 valence electrons. The minimum atomic E-state index is 0.127. The summed E-state index contributed by atoms with van der Waals surface area (Å²) in [5, 5.41) is 0. The van der Waals surface area contributed by atoms with Gasteiger partial charge in [-0.3, -0.25) is 0 Å². The molecule has 0 aliphatic rings. The van der Waals surface area contributed by atoms with E-state index in [2.05, 4.69) is 74.6 Å². The summed E-state index contributed by atoms with van der Waals surface area (Å²) in [5.74, 6) is 0. The minimum absolute atomic E-state index is 0.127. The zero-order valence-corrected chi connectivity index (χ0v) is 15.1. The molecule has 1 atom stereocenters. The highest BCUT2D eigenvalue weighted by molar-refractivity contribution is 9.11. The molecule has 18 heavy (non-hydrogen) atoms. The topological polar surface area (TPSA) is 13.1 Å². The molecule has 0 aliphatic heterocycles. The summed E-state index contributed by atoms with van der Waals surface area (Å²) in [4.78, 5) is 0.127. The molecule has 0 radical (unpaired) electrons. The number of alkyl halides is 1. The second kappa shape index (κ2) is 5.51. The number of hydrogen-bond acceptors (Lipinski definition) is 1. The predicted octanol–water partition coefficient (Wildman–Crippen LogP) is 6.21. The molecule has 0 fully saturated rings. The smallest absolute Gasteiger partial charge is 0.173 e. The first-order chi connectivity index (χ1) is 8.43. The summed E-state index contributed by atoms with van der Waals surface area (Å²) < 4.78 is 7.27. The van der Waals surface area contributed by atoms with Gasteiger partial charge in [0.15, 0.2) is 4.67 Å². The molecule has 2 rings (SSSR count). The normalized spacial score (nSPS) is 12.8. The van der Waals surface area contributed by atoms with Crippen molar-refractivity contribution in [2.45, 2.75) is 25.6 Å². The fourth-order valence-corrected chi connectivity index (χ4v) is 4.38. The largest absolute Gasteiger partial charge is 0.457 e. The molecule has 4 heteroatoms. The summed E-state index contributed by atoms with van der Waals surface area (Å²) in [6, 6.07) is 4.19. The van der Waals surface area contributed by atoms with Crippen molar-refractivity contribution in [2.24, 2.45) is 0 Å². The Morgan fingerprint density at radius 1 is 1.11 bits per heavy atom. The Labute approximate surface area is 132 Å². The van der Waals surface area contributed by atoms with Gasteiger partial charge in [0.1, 0.15) is 0 Å². The zero-order valence-electron chi connectivity index (χ0n) is 10.4. The van der Waals surface area contributed by atoms with E-state index in [0.29, 0.717) is 0 Å². The average molecular weight is 437 g/mol. The van der Waals surface area contributed by atoms with Gasteiger partial charge in [0.25, 0.3) is 0 Å². The molecule has 1 nitrogen and oxygen atoms in total. The van der Waals surface area contributed by atoms with Crippen LogP contribution < -0.4 is 0 Å². The summed E-state index contributed by atoms with van der Waals surface area (Å²) >= 11 is 10.9. The molecule has 0 saturated heterocycles. The Balaban J connectivity index is 2.59. The lowest BCUT2D eigenvalue weighted by Gasteiger charge is -2.18. The number of halogens is 3. The van der Waals surface area contributed by atoms with E-state index in [-0.39, 0.29) is 4.83 Å². The van der Waals surface area contributed by atoms with Crippen molar-refractivity contribution in [1.29, 1.82) is 0 Å². The van der Waals surface area contributed by atoms with E-state index in [1.807, 2.05) is 6.07 Å². The quantitative estimate of drug-likeness (QED) is 0.510. The van der Waals surface area contributed by atoms with E-state index in [4.69, 9.17) is 4.42 Å². The maximum absolute atomic E-state index is 5.32. The fourth-order valence-electron chi connectivity index (χ4n) is 2.21. The van der Waals surface area contributed by atoms with Gasteiger partial charge >= 0.3 is 0 Å². The molecule has 0 amide bonds. The van der Waals surface area contributed by atoms with Crippen molar-refractivity contribution in [3.8, 4) is 0 Å². The number of benzene rings is 1. The lowest BCUT2D eigenvalue weighted by Crippen LogP contribution is -2.01. The van der Waals surface area contributed by atoms with Gasteiger partial charge in [-0.25, -0.2) is 0 Å². The van der Waals surface area contributed by atoms with E-state index in [1.54, 1.807) is 6.26 Å². The van der Waals surface area contributed by atoms with E-state index < -0.39 is 0 Å². The van der Waals surface area contributed by atoms with Crippen molar-refractivity contribution < 1.29 is 4.42 Å². The van der Waals surface area contributed by atoms with Crippen LogP contribution in [-0.4, -0.2) is 0 Å². The molecular weight excluding hydrogens is 424 g/mol. The van der Waals surface area contributed by atoms with Crippen LogP contribution in [0.1, 0.15) is 32.6 Å². The standard InChI is InChI=1S/C14H13Br3O/c1-7-6-8(2)12(15)9(3)11(7)13(16)10-4-5-18-14(10)17/h4-6,13H,1-3H3. The molecule has 1 heterocycles. The molecule has 0 spiro atoms. The number of rotatable bonds is 2. The highest BCUT2D eigenvalue weighted by Gasteiger charge is 2.21. The maximum Gasteiger partial charge on any atom is 0.173 e. The van der Waals surface area contributed by atoms with Gasteiger partial charge in [0.05, 0.1) is 11.1 Å². The highest BCUT2D eigenvalue weighted by atomic mass is 79.9. The molecule has 2 aromatic rings. The SMILES string of the molecule is Cc1cc(C)c(C(Br)c2ccoc2Br)c(C)c1Br. The van der Waals surface area contributed by atoms with Crippen LogP contribution in [0, 0.1) is 20.8 Å². The molecule has 1 aromatic carbocycles. The van der Waals surface area contributed by atoms with Crippen molar-refractivity contribution in [3.63, 3.8) is 0 Å². The Bertz CT molecular complexity index is 587. The van der Waals surface area contributed by atoms with Gasteiger partial charge in [-0.2, -0.15) is 0 Å². The number of aryl methyl sites for hydroxylation is 2. The molecule has 0 bridgehead atoms. The van der Waals surface area contributed by atoms with Gasteiger partial charge in [-0.15, -0.1) is 0 Å². The van der Waals surface area contributed by atoms with Crippen LogP contribution in [0.5, 0.6) is 0 Å². The Kier molecular flexibility index (Phi) is 4.40. The maximum atomic E-state index is 5.32. The third-order valence-electron chi connectivity index (χ3n) is 3.11. The van der Waals surface area contributed by atoms with Crippen molar-refractivity contribution in [2.75, 3.05) is 0 Å². The van der Waals surface area contributed by atoms with Crippen LogP contribution in [0.25, 0.3) is 0 Å². The first-order valence-corrected chi connectivity index (χ1v) is 8.06. The highest BCUT2D eigenvalue weighted by Crippen LogP contribution is 2.41. The second-order valence-electron chi connectivity index (χ2n) is 4.38. The molecule has 0 aliphatic carbocycles. The van der Waals surface area contributed by atoms with E-state index in [0.717, 1.165) is 10.2 Å². The van der Waals surface area contributed by atoms with Gasteiger partial charge < -0.3 is 4.42 Å². The van der Waals surface area contributed by atoms with Crippen LogP contribution in [-0.2, 0) is 0 Å². The average Bonchev–Trinajstić information content (AvgIpc) is 2.72. The second-order valence-corrected chi connectivity index (χ2v) is 6.80. The van der Waals surface area contributed by atoms with E-state index >= 15 is 0 Å². The number of hydrogen-bond donors (Lipinski definition) is 0. The van der Waals surface area contributed by atoms with Crippen molar-refractivity contribution in [3.05, 3.63) is 55.4 Å². The van der Waals surface area contributed by atoms with Crippen LogP contribution in [0.3, 0.4) is 0 Å². The van der Waals surface area contributed by atoms with Gasteiger partial charge in [0, 0.05) is 10.0 Å². The number of furan rings is 1. The summed E-state index contributed by atoms with van der Waals surface area (Å²) in [7, 11) is 0. The van der Waals surface area contributed by atoms with Gasteiger partial charge in [-0.1, -0.05) is 37.9 Å². The van der Waals surface area contributed by atoms with Crippen LogP contribution in [0.2, 0.25) is 0 Å². The van der Waals surface area contributed by atoms with Crippen LogP contribution in [0.4, 0.5) is 0 Å². The van der Waals surface area contributed by atoms with E-state index in [9.17, 15) is 0 Å². The lowest BCUT2D eigenvalue weighted by molar-refractivity contribution is 0.537. The molecule has 0 N–H and O–H groups in total. The molecule has 0 saturated carbocycles. The van der Waals surface area contributed by atoms with Gasteiger partial charge in [-0.05, 0) is 65.0 Å². The fraction of sp³-hybridized carbons (Fsp3) is 0.286. The monoisotopic (exact) mass is 434 g/mol. The molecule has 1 aromatic heterocycles. The zero-order chi connectivity index (χ0) is 13.4. The van der Waals surface area contributed by atoms with Crippen molar-refractivity contribution >= 4 is 47.8 Å². The minimum Gasteiger partial charge on any atom is -0.457 e. The lowest BCUT2D eigenvalue weighted by atomic mass is 9.95. The predicted molar refractivity (Wildman–Crippen MR) is 85.5 cm³/mol. The summed E-state index contributed by atoms with van der Waals surface area (Å²) in [6.07, 6.45) is 1.70. The first-order valence-electron chi connectivity index (χ1n) is 5.56. The van der Waals surface area contributed by atoms with E-state index in [1.165, 1.54) is 26.7 Å². The Morgan fingerprint density at radius 2 is 1.78 bits per heavy atom. The third-order valence-corrected chi connectivity index (χ3v) is 5.93. The molecule has 1 unspecified atom stereocenters. The van der Waals surface area contributed by atoms with Crippen molar-refractivity contribution in [1.82, 2.24) is 0 Å². The van der Waals surface area contributed by atoms with Crippen LogP contribution in [0.15, 0.2) is 32.0 Å². The summed E-state index contributed by atoms with van der Waals surface area (Å²) in [6.45, 7) is 6.40. The van der Waals surface area contributed by atoms with Gasteiger partial charge in [0.2, 0.25) is 0 Å². The Morgan fingerprint density at radius 3 is 2.33 bits per heavy atom. The Hall–Kier alpha value is -0.0600. The van der Waals surface area contributed by atoms with Crippen LogP contribution >= 0.6 is 47.8 Å². The first kappa shape index (κ1) is 14.4. The summed E-state index contributed by atoms with van der Waals surface area (Å²) in [5.41, 5.74) is 6.21.